The van der Waals surface area contributed by atoms with E-state index in [9.17, 15) is 9.59 Å². The van der Waals surface area contributed by atoms with Crippen LogP contribution in [0.5, 0.6) is 0 Å². The van der Waals surface area contributed by atoms with E-state index in [-0.39, 0.29) is 24.4 Å². The molecule has 0 unspecified atom stereocenters. The Morgan fingerprint density at radius 2 is 1.63 bits per heavy atom. The zero-order valence-corrected chi connectivity index (χ0v) is 20.1. The second-order valence-corrected chi connectivity index (χ2v) is 9.99. The molecule has 2 aliphatic rings. The van der Waals surface area contributed by atoms with Crippen LogP contribution in [-0.4, -0.2) is 39.2 Å². The average Bonchev–Trinajstić information content (AvgIpc) is 3.25. The van der Waals surface area contributed by atoms with Gasteiger partial charge in [-0.1, -0.05) is 86.6 Å². The summed E-state index contributed by atoms with van der Waals surface area (Å²) in [5, 5.41) is 1.13. The molecule has 0 saturated carbocycles. The highest BCUT2D eigenvalue weighted by atomic mass is 16.2. The fourth-order valence-electron chi connectivity index (χ4n) is 5.67. The van der Waals surface area contributed by atoms with Crippen molar-refractivity contribution in [2.45, 2.75) is 44.8 Å². The number of hydrogen-bond acceptors (Lipinski definition) is 2. The summed E-state index contributed by atoms with van der Waals surface area (Å²) >= 11 is 0. The van der Waals surface area contributed by atoms with E-state index in [1.165, 1.54) is 5.56 Å². The van der Waals surface area contributed by atoms with Crippen LogP contribution in [0.2, 0.25) is 0 Å². The van der Waals surface area contributed by atoms with Crippen molar-refractivity contribution in [3.05, 3.63) is 107 Å². The van der Waals surface area contributed by atoms with Crippen LogP contribution in [0.15, 0.2) is 78.9 Å². The van der Waals surface area contributed by atoms with Gasteiger partial charge in [-0.2, -0.15) is 0 Å². The van der Waals surface area contributed by atoms with Crippen molar-refractivity contribution in [2.24, 2.45) is 0 Å². The van der Waals surface area contributed by atoms with Gasteiger partial charge in [0.2, 0.25) is 11.8 Å². The van der Waals surface area contributed by atoms with E-state index in [1.54, 1.807) is 4.90 Å². The summed E-state index contributed by atoms with van der Waals surface area (Å²) in [6.45, 7) is 4.90. The van der Waals surface area contributed by atoms with Gasteiger partial charge in [-0.15, -0.1) is 0 Å². The Bertz CT molecular complexity index is 1400. The Kier molecular flexibility index (Phi) is 5.21. The number of nitrogens with zero attached hydrogens (tertiary/aromatic N) is 2. The molecule has 0 radical (unpaired) electrons. The number of amides is 2. The quantitative estimate of drug-likeness (QED) is 0.454. The number of hydrogen-bond donors (Lipinski definition) is 1. The molecule has 2 aliphatic heterocycles. The number of fused-ring (bicyclic) bond motifs is 4. The molecule has 4 aromatic rings. The van der Waals surface area contributed by atoms with Crippen LogP contribution >= 0.6 is 0 Å². The van der Waals surface area contributed by atoms with Gasteiger partial charge in [0.25, 0.3) is 0 Å². The number of piperazine rings is 1. The van der Waals surface area contributed by atoms with Crippen molar-refractivity contribution in [1.82, 2.24) is 14.8 Å². The second kappa shape index (κ2) is 8.42. The van der Waals surface area contributed by atoms with E-state index in [0.29, 0.717) is 18.9 Å². The largest absolute Gasteiger partial charge is 0.356 e. The molecule has 1 fully saturated rings. The molecule has 1 N–H and O–H groups in total. The summed E-state index contributed by atoms with van der Waals surface area (Å²) in [6, 6.07) is 25.8. The number of aromatic nitrogens is 1. The first-order chi connectivity index (χ1) is 17.0. The van der Waals surface area contributed by atoms with Gasteiger partial charge >= 0.3 is 0 Å². The summed E-state index contributed by atoms with van der Waals surface area (Å²) < 4.78 is 0. The molecule has 0 bridgehead atoms. The monoisotopic (exact) mass is 463 g/mol. The topological polar surface area (TPSA) is 56.4 Å². The molecule has 1 saturated heterocycles. The number of carbonyl (C=O) groups is 2. The van der Waals surface area contributed by atoms with Gasteiger partial charge in [0.15, 0.2) is 0 Å². The zero-order chi connectivity index (χ0) is 24.1. The number of benzene rings is 3. The van der Waals surface area contributed by atoms with E-state index in [0.717, 1.165) is 33.3 Å². The van der Waals surface area contributed by atoms with Crippen LogP contribution in [0, 0.1) is 0 Å². The lowest BCUT2D eigenvalue weighted by Gasteiger charge is -2.47. The summed E-state index contributed by atoms with van der Waals surface area (Å²) in [4.78, 5) is 34.7. The third-order valence-corrected chi connectivity index (χ3v) is 7.48. The minimum absolute atomic E-state index is 0.00669. The van der Waals surface area contributed by atoms with Crippen molar-refractivity contribution in [2.75, 3.05) is 6.54 Å². The maximum absolute atomic E-state index is 13.8. The summed E-state index contributed by atoms with van der Waals surface area (Å²) in [7, 11) is 0. The first-order valence-electron chi connectivity index (χ1n) is 12.3. The van der Waals surface area contributed by atoms with E-state index in [2.05, 4.69) is 55.2 Å². The van der Waals surface area contributed by atoms with E-state index in [1.807, 2.05) is 47.4 Å². The highest BCUT2D eigenvalue weighted by Crippen LogP contribution is 2.42. The molecule has 1 aromatic heterocycles. The fourth-order valence-corrected chi connectivity index (χ4v) is 5.67. The van der Waals surface area contributed by atoms with Gasteiger partial charge in [-0.05, 0) is 34.2 Å². The van der Waals surface area contributed by atoms with E-state index < -0.39 is 6.04 Å². The Balaban J connectivity index is 1.45. The minimum Gasteiger partial charge on any atom is -0.356 e. The normalized spacial score (nSPS) is 19.9. The molecule has 5 nitrogen and oxygen atoms in total. The molecular weight excluding hydrogens is 434 g/mol. The Morgan fingerprint density at radius 3 is 2.37 bits per heavy atom. The highest BCUT2D eigenvalue weighted by molar-refractivity contribution is 5.97. The molecule has 5 heteroatoms. The Labute approximate surface area is 205 Å². The predicted octanol–water partition coefficient (Wildman–Crippen LogP) is 5.18. The van der Waals surface area contributed by atoms with E-state index in [4.69, 9.17) is 0 Å². The zero-order valence-electron chi connectivity index (χ0n) is 20.1. The third-order valence-electron chi connectivity index (χ3n) is 7.48. The first kappa shape index (κ1) is 21.7. The molecule has 6 rings (SSSR count). The van der Waals surface area contributed by atoms with Crippen molar-refractivity contribution < 1.29 is 9.59 Å². The van der Waals surface area contributed by atoms with Crippen LogP contribution < -0.4 is 0 Å². The van der Waals surface area contributed by atoms with E-state index >= 15 is 0 Å². The molecule has 35 heavy (non-hydrogen) atoms. The maximum Gasteiger partial charge on any atom is 0.246 e. The van der Waals surface area contributed by atoms with Crippen molar-refractivity contribution >= 4 is 22.7 Å². The maximum atomic E-state index is 13.8. The van der Waals surface area contributed by atoms with Gasteiger partial charge in [0.1, 0.15) is 12.6 Å². The number of para-hydroxylation sites is 1. The molecule has 3 aromatic carbocycles. The summed E-state index contributed by atoms with van der Waals surface area (Å²) in [6.07, 6.45) is 0.524. The molecule has 0 aliphatic carbocycles. The fraction of sp³-hybridized carbons (Fsp3) is 0.267. The lowest BCUT2D eigenvalue weighted by Crippen LogP contribution is -2.62. The third kappa shape index (κ3) is 3.63. The van der Waals surface area contributed by atoms with Crippen molar-refractivity contribution in [1.29, 1.82) is 0 Å². The van der Waals surface area contributed by atoms with Gasteiger partial charge in [0.05, 0.1) is 6.04 Å². The van der Waals surface area contributed by atoms with Crippen LogP contribution in [0.1, 0.15) is 53.8 Å². The van der Waals surface area contributed by atoms with Gasteiger partial charge in [-0.25, -0.2) is 0 Å². The summed E-state index contributed by atoms with van der Waals surface area (Å²) in [5.41, 5.74) is 6.53. The minimum atomic E-state index is -0.513. The van der Waals surface area contributed by atoms with Crippen molar-refractivity contribution in [3.63, 3.8) is 0 Å². The van der Waals surface area contributed by atoms with Crippen LogP contribution in [-0.2, 0) is 22.6 Å². The molecule has 2 amide bonds. The van der Waals surface area contributed by atoms with Crippen LogP contribution in [0.25, 0.3) is 10.9 Å². The smallest absolute Gasteiger partial charge is 0.246 e. The molecule has 0 spiro atoms. The Morgan fingerprint density at radius 1 is 0.914 bits per heavy atom. The van der Waals surface area contributed by atoms with Crippen LogP contribution in [0.4, 0.5) is 0 Å². The lowest BCUT2D eigenvalue weighted by atomic mass is 9.85. The average molecular weight is 464 g/mol. The number of aromatic amines is 1. The SMILES string of the molecule is CC(C)c1ccc([C@@H]2c3[nH]c4ccccc4c3C[C@H]3C(=O)N(Cc4ccccc4)CC(=O)N23)cc1. The Hall–Kier alpha value is -3.86. The highest BCUT2D eigenvalue weighted by Gasteiger charge is 2.48. The van der Waals surface area contributed by atoms with Gasteiger partial charge < -0.3 is 14.8 Å². The molecular formula is C30H29N3O2. The molecule has 3 heterocycles. The standard InChI is InChI=1S/C30H29N3O2/c1-19(2)21-12-14-22(15-13-21)29-28-24(23-10-6-7-11-25(23)31-28)16-26-30(35)32(18-27(34)33(26)29)17-20-8-4-3-5-9-20/h3-15,19,26,29,31H,16-18H2,1-2H3/t26-,29+/m0/s1. The van der Waals surface area contributed by atoms with Crippen molar-refractivity contribution in [3.8, 4) is 0 Å². The number of carbonyl (C=O) groups excluding carboxylic acids is 2. The number of nitrogens with one attached hydrogen (secondary N) is 1. The van der Waals surface area contributed by atoms with Gasteiger partial charge in [0, 0.05) is 29.6 Å². The molecule has 176 valence electrons. The lowest BCUT2D eigenvalue weighted by molar-refractivity contribution is -0.159. The first-order valence-corrected chi connectivity index (χ1v) is 12.3. The second-order valence-electron chi connectivity index (χ2n) is 9.99. The summed E-state index contributed by atoms with van der Waals surface area (Å²) in [5.74, 6) is 0.442. The number of H-pyrrole nitrogens is 1. The predicted molar refractivity (Wildman–Crippen MR) is 137 cm³/mol. The molecule has 2 atom stereocenters. The number of rotatable bonds is 4. The van der Waals surface area contributed by atoms with Crippen LogP contribution in [0.3, 0.4) is 0 Å². The van der Waals surface area contributed by atoms with Gasteiger partial charge in [-0.3, -0.25) is 9.59 Å².